The Hall–Kier alpha value is -0.960. The molecule has 0 bridgehead atoms. The fraction of sp³-hybridized carbons (Fsp3) is 0.625. The molecule has 0 radical (unpaired) electrons. The van der Waals surface area contributed by atoms with E-state index in [1.165, 1.54) is 19.3 Å². The third-order valence-corrected chi connectivity index (χ3v) is 8.12. The van der Waals surface area contributed by atoms with Crippen molar-refractivity contribution in [2.75, 3.05) is 11.5 Å². The first-order chi connectivity index (χ1) is 11.3. The lowest BCUT2D eigenvalue weighted by atomic mass is 9.84. The smallest absolute Gasteiger partial charge is 0.240 e. The highest BCUT2D eigenvalue weighted by atomic mass is 32.2. The summed E-state index contributed by atoms with van der Waals surface area (Å²) in [6.07, 6.45) is 4.75. The SMILES string of the molecule is O=S1(=O)C[C@@H](O)[C@@H](NS(=O)(=O)c2ccc(C3CCCCC3)cc2)C1. The van der Waals surface area contributed by atoms with Crippen LogP contribution in [0.3, 0.4) is 0 Å². The average Bonchev–Trinajstić information content (AvgIpc) is 2.79. The van der Waals surface area contributed by atoms with Crippen LogP contribution in [0.2, 0.25) is 0 Å². The summed E-state index contributed by atoms with van der Waals surface area (Å²) in [6, 6.07) is 5.81. The van der Waals surface area contributed by atoms with Crippen LogP contribution < -0.4 is 4.72 Å². The van der Waals surface area contributed by atoms with Gasteiger partial charge in [0, 0.05) is 0 Å². The number of nitrogens with one attached hydrogen (secondary N) is 1. The third-order valence-electron chi connectivity index (χ3n) is 4.90. The largest absolute Gasteiger partial charge is 0.390 e. The molecule has 1 saturated heterocycles. The molecule has 1 heterocycles. The van der Waals surface area contributed by atoms with Gasteiger partial charge in [-0.15, -0.1) is 0 Å². The Bertz CT molecular complexity index is 780. The summed E-state index contributed by atoms with van der Waals surface area (Å²) in [5.41, 5.74) is 1.15. The number of sulfonamides is 1. The Morgan fingerprint density at radius 2 is 1.62 bits per heavy atom. The molecule has 2 N–H and O–H groups in total. The topological polar surface area (TPSA) is 101 Å². The Morgan fingerprint density at radius 1 is 1.00 bits per heavy atom. The van der Waals surface area contributed by atoms with Crippen molar-refractivity contribution in [3.05, 3.63) is 29.8 Å². The van der Waals surface area contributed by atoms with Gasteiger partial charge in [0.05, 0.1) is 28.5 Å². The molecular weight excluding hydrogens is 350 g/mol. The Labute approximate surface area is 143 Å². The van der Waals surface area contributed by atoms with Crippen LogP contribution >= 0.6 is 0 Å². The molecule has 1 aromatic carbocycles. The Kier molecular flexibility index (Phi) is 5.01. The predicted molar refractivity (Wildman–Crippen MR) is 91.0 cm³/mol. The molecule has 134 valence electrons. The van der Waals surface area contributed by atoms with E-state index in [1.54, 1.807) is 12.1 Å². The van der Waals surface area contributed by atoms with Gasteiger partial charge in [0.1, 0.15) is 0 Å². The standard InChI is InChI=1S/C16H23NO5S2/c18-16-11-23(19,20)10-15(16)17-24(21,22)14-8-6-13(7-9-14)12-4-2-1-3-5-12/h6-9,12,15-18H,1-5,10-11H2/t15-,16+/m0/s1. The third kappa shape index (κ3) is 3.99. The molecule has 0 spiro atoms. The maximum absolute atomic E-state index is 12.4. The van der Waals surface area contributed by atoms with Crippen molar-refractivity contribution in [1.29, 1.82) is 0 Å². The number of hydrogen-bond acceptors (Lipinski definition) is 5. The van der Waals surface area contributed by atoms with Crippen molar-refractivity contribution in [3.8, 4) is 0 Å². The lowest BCUT2D eigenvalue weighted by Gasteiger charge is -2.22. The van der Waals surface area contributed by atoms with Crippen LogP contribution in [0, 0.1) is 0 Å². The lowest BCUT2D eigenvalue weighted by Crippen LogP contribution is -2.42. The van der Waals surface area contributed by atoms with E-state index in [0.717, 1.165) is 18.4 Å². The van der Waals surface area contributed by atoms with Crippen LogP contribution in [0.15, 0.2) is 29.2 Å². The molecule has 2 aliphatic rings. The van der Waals surface area contributed by atoms with E-state index in [-0.39, 0.29) is 10.6 Å². The normalized spacial score (nSPS) is 28.0. The maximum atomic E-state index is 12.4. The first-order valence-corrected chi connectivity index (χ1v) is 11.6. The highest BCUT2D eigenvalue weighted by Gasteiger charge is 2.38. The number of aliphatic hydroxyl groups excluding tert-OH is 1. The summed E-state index contributed by atoms with van der Waals surface area (Å²) < 4.78 is 50.1. The molecule has 1 saturated carbocycles. The van der Waals surface area contributed by atoms with E-state index < -0.39 is 37.8 Å². The first kappa shape index (κ1) is 17.8. The average molecular weight is 373 g/mol. The zero-order valence-corrected chi connectivity index (χ0v) is 15.0. The summed E-state index contributed by atoms with van der Waals surface area (Å²) >= 11 is 0. The highest BCUT2D eigenvalue weighted by molar-refractivity contribution is 7.92. The molecule has 6 nitrogen and oxygen atoms in total. The van der Waals surface area contributed by atoms with Gasteiger partial charge in [-0.25, -0.2) is 21.6 Å². The minimum absolute atomic E-state index is 0.0959. The minimum atomic E-state index is -3.85. The number of aliphatic hydroxyl groups is 1. The van der Waals surface area contributed by atoms with Crippen molar-refractivity contribution in [2.45, 2.75) is 55.1 Å². The van der Waals surface area contributed by atoms with Crippen LogP contribution in [-0.2, 0) is 19.9 Å². The quantitative estimate of drug-likeness (QED) is 0.825. The van der Waals surface area contributed by atoms with Crippen LogP contribution in [0.5, 0.6) is 0 Å². The minimum Gasteiger partial charge on any atom is -0.390 e. The second kappa shape index (κ2) is 6.74. The lowest BCUT2D eigenvalue weighted by molar-refractivity contribution is 0.176. The van der Waals surface area contributed by atoms with Crippen molar-refractivity contribution < 1.29 is 21.9 Å². The van der Waals surface area contributed by atoms with E-state index in [4.69, 9.17) is 0 Å². The highest BCUT2D eigenvalue weighted by Crippen LogP contribution is 2.32. The van der Waals surface area contributed by atoms with Gasteiger partial charge in [0.25, 0.3) is 0 Å². The van der Waals surface area contributed by atoms with Crippen molar-refractivity contribution in [3.63, 3.8) is 0 Å². The van der Waals surface area contributed by atoms with Crippen LogP contribution in [0.25, 0.3) is 0 Å². The van der Waals surface area contributed by atoms with Crippen molar-refractivity contribution in [2.24, 2.45) is 0 Å². The molecule has 2 atom stereocenters. The zero-order chi connectivity index (χ0) is 17.4. The molecule has 1 aliphatic heterocycles. The fourth-order valence-electron chi connectivity index (χ4n) is 3.56. The summed E-state index contributed by atoms with van der Waals surface area (Å²) in [5, 5.41) is 9.74. The number of hydrogen-bond donors (Lipinski definition) is 2. The molecular formula is C16H23NO5S2. The Morgan fingerprint density at radius 3 is 2.17 bits per heavy atom. The van der Waals surface area contributed by atoms with E-state index in [0.29, 0.717) is 5.92 Å². The van der Waals surface area contributed by atoms with Crippen LogP contribution in [0.4, 0.5) is 0 Å². The number of benzene rings is 1. The molecule has 3 rings (SSSR count). The number of sulfone groups is 1. The predicted octanol–water partition coefficient (Wildman–Crippen LogP) is 1.17. The summed E-state index contributed by atoms with van der Waals surface area (Å²) in [6.45, 7) is 0. The zero-order valence-electron chi connectivity index (χ0n) is 13.4. The van der Waals surface area contributed by atoms with Gasteiger partial charge < -0.3 is 5.11 Å². The van der Waals surface area contributed by atoms with E-state index in [1.807, 2.05) is 12.1 Å². The van der Waals surface area contributed by atoms with Crippen LogP contribution in [-0.4, -0.2) is 45.6 Å². The molecule has 1 aliphatic carbocycles. The van der Waals surface area contributed by atoms with Crippen LogP contribution in [0.1, 0.15) is 43.6 Å². The van der Waals surface area contributed by atoms with Gasteiger partial charge >= 0.3 is 0 Å². The molecule has 0 unspecified atom stereocenters. The summed E-state index contributed by atoms with van der Waals surface area (Å²) in [4.78, 5) is 0.0959. The van der Waals surface area contributed by atoms with Gasteiger partial charge in [-0.05, 0) is 36.5 Å². The molecule has 0 aromatic heterocycles. The molecule has 1 aromatic rings. The Balaban J connectivity index is 1.73. The van der Waals surface area contributed by atoms with Gasteiger partial charge in [0.15, 0.2) is 9.84 Å². The van der Waals surface area contributed by atoms with Gasteiger partial charge in [-0.1, -0.05) is 31.4 Å². The second-order valence-electron chi connectivity index (χ2n) is 6.78. The summed E-state index contributed by atoms with van der Waals surface area (Å²) in [5.74, 6) is -0.279. The van der Waals surface area contributed by atoms with E-state index >= 15 is 0 Å². The second-order valence-corrected chi connectivity index (χ2v) is 10.6. The van der Waals surface area contributed by atoms with E-state index in [9.17, 15) is 21.9 Å². The molecule has 8 heteroatoms. The van der Waals surface area contributed by atoms with Gasteiger partial charge in [-0.2, -0.15) is 0 Å². The van der Waals surface area contributed by atoms with E-state index in [2.05, 4.69) is 4.72 Å². The van der Waals surface area contributed by atoms with Gasteiger partial charge in [0.2, 0.25) is 10.0 Å². The van der Waals surface area contributed by atoms with Crippen molar-refractivity contribution >= 4 is 19.9 Å². The molecule has 2 fully saturated rings. The van der Waals surface area contributed by atoms with Gasteiger partial charge in [-0.3, -0.25) is 0 Å². The number of rotatable bonds is 4. The molecule has 0 amide bonds. The maximum Gasteiger partial charge on any atom is 0.240 e. The van der Waals surface area contributed by atoms with Crippen molar-refractivity contribution in [1.82, 2.24) is 4.72 Å². The first-order valence-electron chi connectivity index (χ1n) is 8.28. The fourth-order valence-corrected chi connectivity index (χ4v) is 6.68. The molecule has 24 heavy (non-hydrogen) atoms. The monoisotopic (exact) mass is 373 g/mol. The summed E-state index contributed by atoms with van der Waals surface area (Å²) in [7, 11) is -7.25.